The van der Waals surface area contributed by atoms with Gasteiger partial charge in [-0.3, -0.25) is 9.59 Å². The monoisotopic (exact) mass is 256 g/mol. The van der Waals surface area contributed by atoms with Crippen LogP contribution in [-0.4, -0.2) is 40.5 Å². The number of hydrogen-bond acceptors (Lipinski definition) is 3. The van der Waals surface area contributed by atoms with Crippen LogP contribution < -0.4 is 5.73 Å². The van der Waals surface area contributed by atoms with Crippen molar-refractivity contribution in [1.82, 2.24) is 4.90 Å². The lowest BCUT2D eigenvalue weighted by atomic mass is 9.85. The smallest absolute Gasteiger partial charge is 0.308 e. The number of carboxylic acid groups (broad SMARTS) is 1. The lowest BCUT2D eigenvalue weighted by molar-refractivity contribution is -0.143. The molecule has 1 rings (SSSR count). The van der Waals surface area contributed by atoms with Gasteiger partial charge in [0.15, 0.2) is 0 Å². The first-order chi connectivity index (χ1) is 8.14. The van der Waals surface area contributed by atoms with Crippen LogP contribution in [0.3, 0.4) is 0 Å². The van der Waals surface area contributed by atoms with Gasteiger partial charge >= 0.3 is 5.97 Å². The summed E-state index contributed by atoms with van der Waals surface area (Å²) in [5, 5.41) is 9.03. The third-order valence-electron chi connectivity index (χ3n) is 3.90. The predicted octanol–water partition coefficient (Wildman–Crippen LogP) is 1.07. The zero-order valence-corrected chi connectivity index (χ0v) is 11.6. The van der Waals surface area contributed by atoms with E-state index in [1.54, 1.807) is 11.8 Å². The minimum Gasteiger partial charge on any atom is -0.481 e. The van der Waals surface area contributed by atoms with Gasteiger partial charge in [-0.1, -0.05) is 20.8 Å². The summed E-state index contributed by atoms with van der Waals surface area (Å²) in [6.07, 6.45) is 0.813. The molecule has 0 saturated carbocycles. The summed E-state index contributed by atoms with van der Waals surface area (Å²) in [7, 11) is 0. The molecule has 3 N–H and O–H groups in total. The minimum absolute atomic E-state index is 0.0336. The van der Waals surface area contributed by atoms with Crippen LogP contribution in [-0.2, 0) is 9.59 Å². The summed E-state index contributed by atoms with van der Waals surface area (Å²) in [4.78, 5) is 24.8. The highest BCUT2D eigenvalue weighted by Crippen LogP contribution is 2.27. The summed E-state index contributed by atoms with van der Waals surface area (Å²) >= 11 is 0. The standard InChI is InChI=1S/C13H24N2O3/c1-8-9(12(17)18)5-6-15(8)11(16)7-10(14)13(2,3)4/h8-10H,5-7,14H2,1-4H3,(H,17,18). The summed E-state index contributed by atoms with van der Waals surface area (Å²) in [6, 6.07) is -0.441. The van der Waals surface area contributed by atoms with E-state index in [4.69, 9.17) is 10.8 Å². The number of nitrogens with zero attached hydrogens (tertiary/aromatic N) is 1. The Labute approximate surface area is 108 Å². The molecule has 0 aliphatic carbocycles. The average Bonchev–Trinajstić information content (AvgIpc) is 2.58. The lowest BCUT2D eigenvalue weighted by Crippen LogP contribution is -2.44. The maximum absolute atomic E-state index is 12.1. The Kier molecular flexibility index (Phi) is 4.37. The van der Waals surface area contributed by atoms with Gasteiger partial charge in [0.25, 0.3) is 0 Å². The molecule has 3 unspecified atom stereocenters. The van der Waals surface area contributed by atoms with Crippen LogP contribution in [0.15, 0.2) is 0 Å². The Balaban J connectivity index is 2.62. The highest BCUT2D eigenvalue weighted by Gasteiger charge is 2.38. The number of hydrogen-bond donors (Lipinski definition) is 2. The second kappa shape index (κ2) is 5.26. The molecular weight excluding hydrogens is 232 g/mol. The van der Waals surface area contributed by atoms with Gasteiger partial charge in [-0.05, 0) is 18.8 Å². The maximum Gasteiger partial charge on any atom is 0.308 e. The number of carboxylic acids is 1. The molecule has 1 saturated heterocycles. The van der Waals surface area contributed by atoms with Crippen molar-refractivity contribution in [3.8, 4) is 0 Å². The fraction of sp³-hybridized carbons (Fsp3) is 0.846. The van der Waals surface area contributed by atoms with Gasteiger partial charge in [-0.25, -0.2) is 0 Å². The van der Waals surface area contributed by atoms with Crippen molar-refractivity contribution in [1.29, 1.82) is 0 Å². The number of carbonyl (C=O) groups excluding carboxylic acids is 1. The van der Waals surface area contributed by atoms with Crippen LogP contribution in [0.4, 0.5) is 0 Å². The maximum atomic E-state index is 12.1. The average molecular weight is 256 g/mol. The summed E-state index contributed by atoms with van der Waals surface area (Å²) in [5.41, 5.74) is 5.88. The van der Waals surface area contributed by atoms with Crippen LogP contribution in [0.1, 0.15) is 40.5 Å². The zero-order valence-electron chi connectivity index (χ0n) is 11.6. The van der Waals surface area contributed by atoms with Crippen LogP contribution >= 0.6 is 0 Å². The highest BCUT2D eigenvalue weighted by molar-refractivity contribution is 5.80. The first-order valence-electron chi connectivity index (χ1n) is 6.42. The molecule has 104 valence electrons. The number of carbonyl (C=O) groups is 2. The van der Waals surface area contributed by atoms with Crippen molar-refractivity contribution >= 4 is 11.9 Å². The van der Waals surface area contributed by atoms with Crippen LogP contribution in [0.25, 0.3) is 0 Å². The second-order valence-electron chi connectivity index (χ2n) is 6.24. The quantitative estimate of drug-likeness (QED) is 0.791. The largest absolute Gasteiger partial charge is 0.481 e. The molecule has 5 nitrogen and oxygen atoms in total. The van der Waals surface area contributed by atoms with E-state index >= 15 is 0 Å². The van der Waals surface area contributed by atoms with Crippen LogP contribution in [0.2, 0.25) is 0 Å². The summed E-state index contributed by atoms with van der Waals surface area (Å²) < 4.78 is 0. The fourth-order valence-corrected chi connectivity index (χ4v) is 2.23. The Hall–Kier alpha value is -1.10. The van der Waals surface area contributed by atoms with E-state index in [2.05, 4.69) is 0 Å². The SMILES string of the molecule is CC1C(C(=O)O)CCN1C(=O)CC(N)C(C)(C)C. The topological polar surface area (TPSA) is 83.6 Å². The molecule has 1 heterocycles. The number of nitrogens with two attached hydrogens (primary N) is 1. The lowest BCUT2D eigenvalue weighted by Gasteiger charge is -2.30. The Bertz CT molecular complexity index is 336. The molecule has 1 aliphatic rings. The van der Waals surface area contributed by atoms with E-state index in [1.165, 1.54) is 0 Å². The van der Waals surface area contributed by atoms with E-state index in [0.717, 1.165) is 0 Å². The van der Waals surface area contributed by atoms with Gasteiger partial charge in [-0.15, -0.1) is 0 Å². The fourth-order valence-electron chi connectivity index (χ4n) is 2.23. The normalized spacial score (nSPS) is 26.2. The predicted molar refractivity (Wildman–Crippen MR) is 69.0 cm³/mol. The van der Waals surface area contributed by atoms with Crippen LogP contribution in [0, 0.1) is 11.3 Å². The van der Waals surface area contributed by atoms with E-state index < -0.39 is 11.9 Å². The molecule has 18 heavy (non-hydrogen) atoms. The number of likely N-dealkylation sites (tertiary alicyclic amines) is 1. The van der Waals surface area contributed by atoms with E-state index in [-0.39, 0.29) is 29.8 Å². The van der Waals surface area contributed by atoms with E-state index in [1.807, 2.05) is 20.8 Å². The van der Waals surface area contributed by atoms with Crippen molar-refractivity contribution in [3.63, 3.8) is 0 Å². The molecule has 0 bridgehead atoms. The number of rotatable bonds is 3. The minimum atomic E-state index is -0.821. The zero-order chi connectivity index (χ0) is 14.1. The molecular formula is C13H24N2O3. The molecule has 1 amide bonds. The van der Waals surface area contributed by atoms with E-state index in [9.17, 15) is 9.59 Å². The third kappa shape index (κ3) is 3.22. The molecule has 3 atom stereocenters. The van der Waals surface area contributed by atoms with Crippen molar-refractivity contribution in [2.75, 3.05) is 6.54 Å². The Morgan fingerprint density at radius 2 is 2.00 bits per heavy atom. The molecule has 0 spiro atoms. The van der Waals surface area contributed by atoms with Gasteiger partial charge in [0.1, 0.15) is 0 Å². The molecule has 1 fully saturated rings. The van der Waals surface area contributed by atoms with Gasteiger partial charge in [0.05, 0.1) is 5.92 Å². The number of amides is 1. The Morgan fingerprint density at radius 3 is 2.39 bits per heavy atom. The van der Waals surface area contributed by atoms with Crippen molar-refractivity contribution in [3.05, 3.63) is 0 Å². The number of aliphatic carboxylic acids is 1. The second-order valence-corrected chi connectivity index (χ2v) is 6.24. The highest BCUT2D eigenvalue weighted by atomic mass is 16.4. The summed E-state index contributed by atoms with van der Waals surface area (Å²) in [5.74, 6) is -1.30. The van der Waals surface area contributed by atoms with Crippen LogP contribution in [0.5, 0.6) is 0 Å². The Morgan fingerprint density at radius 1 is 1.44 bits per heavy atom. The van der Waals surface area contributed by atoms with Gasteiger partial charge < -0.3 is 15.7 Å². The molecule has 0 aromatic rings. The van der Waals surface area contributed by atoms with Crippen molar-refractivity contribution in [2.45, 2.75) is 52.6 Å². The van der Waals surface area contributed by atoms with Gasteiger partial charge in [0, 0.05) is 25.0 Å². The summed E-state index contributed by atoms with van der Waals surface area (Å²) in [6.45, 7) is 8.31. The van der Waals surface area contributed by atoms with Crippen molar-refractivity contribution < 1.29 is 14.7 Å². The van der Waals surface area contributed by atoms with Gasteiger partial charge in [-0.2, -0.15) is 0 Å². The third-order valence-corrected chi connectivity index (χ3v) is 3.90. The molecule has 0 aromatic carbocycles. The van der Waals surface area contributed by atoms with Gasteiger partial charge in [0.2, 0.25) is 5.91 Å². The molecule has 0 aromatic heterocycles. The van der Waals surface area contributed by atoms with Crippen molar-refractivity contribution in [2.24, 2.45) is 17.1 Å². The van der Waals surface area contributed by atoms with E-state index in [0.29, 0.717) is 13.0 Å². The first kappa shape index (κ1) is 15.0. The molecule has 1 aliphatic heterocycles. The first-order valence-corrected chi connectivity index (χ1v) is 6.42. The molecule has 0 radical (unpaired) electrons. The molecule has 5 heteroatoms.